The van der Waals surface area contributed by atoms with Crippen molar-refractivity contribution in [3.63, 3.8) is 0 Å². The molecule has 36 heavy (non-hydrogen) atoms. The van der Waals surface area contributed by atoms with Crippen LogP contribution in [0.25, 0.3) is 0 Å². The highest BCUT2D eigenvalue weighted by Crippen LogP contribution is 2.32. The van der Waals surface area contributed by atoms with Crippen molar-refractivity contribution in [1.29, 1.82) is 0 Å². The van der Waals surface area contributed by atoms with Crippen LogP contribution in [0.3, 0.4) is 0 Å². The van der Waals surface area contributed by atoms with Gasteiger partial charge in [-0.05, 0) is 37.5 Å². The fraction of sp³-hybridized carbons (Fsp3) is 0.615. The van der Waals surface area contributed by atoms with Gasteiger partial charge < -0.3 is 29.8 Å². The SMILES string of the molecule is CC(C)C(=O)Oc1ccc(CC(N)(C[C@H](C)OC(=O)OC(C)C(C)C)C(=O)O)cc1OC(=O)C(C)C. The summed E-state index contributed by atoms with van der Waals surface area (Å²) >= 11 is 0. The Labute approximate surface area is 212 Å². The molecule has 0 bridgehead atoms. The number of benzene rings is 1. The topological polar surface area (TPSA) is 151 Å². The molecule has 1 aromatic rings. The van der Waals surface area contributed by atoms with E-state index in [0.29, 0.717) is 5.56 Å². The zero-order valence-electron chi connectivity index (χ0n) is 22.3. The molecule has 1 aromatic carbocycles. The first-order chi connectivity index (χ1) is 16.6. The van der Waals surface area contributed by atoms with Crippen molar-refractivity contribution in [3.8, 4) is 11.5 Å². The highest BCUT2D eigenvalue weighted by molar-refractivity contribution is 5.80. The van der Waals surface area contributed by atoms with E-state index in [0.717, 1.165) is 0 Å². The van der Waals surface area contributed by atoms with Gasteiger partial charge in [-0.2, -0.15) is 0 Å². The van der Waals surface area contributed by atoms with Crippen molar-refractivity contribution in [2.24, 2.45) is 23.5 Å². The first kappa shape index (κ1) is 30.9. The second kappa shape index (κ2) is 13.2. The summed E-state index contributed by atoms with van der Waals surface area (Å²) in [5, 5.41) is 9.87. The van der Waals surface area contributed by atoms with Crippen LogP contribution in [-0.2, 0) is 30.3 Å². The zero-order valence-corrected chi connectivity index (χ0v) is 22.3. The van der Waals surface area contributed by atoms with Crippen LogP contribution in [0.2, 0.25) is 0 Å². The Bertz CT molecular complexity index is 941. The molecule has 0 aliphatic carbocycles. The lowest BCUT2D eigenvalue weighted by molar-refractivity contribution is -0.145. The van der Waals surface area contributed by atoms with Crippen molar-refractivity contribution >= 4 is 24.1 Å². The van der Waals surface area contributed by atoms with E-state index in [4.69, 9.17) is 24.7 Å². The molecular formula is C26H39NO9. The molecule has 0 heterocycles. The number of carbonyl (C=O) groups is 4. The van der Waals surface area contributed by atoms with Crippen LogP contribution in [0.4, 0.5) is 4.79 Å². The molecule has 10 nitrogen and oxygen atoms in total. The minimum atomic E-state index is -1.82. The maximum absolute atomic E-state index is 12.2. The Hall–Kier alpha value is -3.14. The molecule has 0 fully saturated rings. The monoisotopic (exact) mass is 509 g/mol. The predicted molar refractivity (Wildman–Crippen MR) is 132 cm³/mol. The normalized spacial score (nSPS) is 14.7. The number of esters is 2. The molecule has 3 atom stereocenters. The number of nitrogens with two attached hydrogens (primary N) is 1. The van der Waals surface area contributed by atoms with E-state index >= 15 is 0 Å². The Morgan fingerprint density at radius 2 is 1.39 bits per heavy atom. The molecule has 1 rings (SSSR count). The molecule has 0 spiro atoms. The summed E-state index contributed by atoms with van der Waals surface area (Å²) in [4.78, 5) is 48.4. The van der Waals surface area contributed by atoms with Gasteiger partial charge in [0.05, 0.1) is 11.8 Å². The minimum Gasteiger partial charge on any atom is -0.480 e. The van der Waals surface area contributed by atoms with Crippen LogP contribution in [-0.4, -0.2) is 46.9 Å². The van der Waals surface area contributed by atoms with E-state index in [2.05, 4.69) is 0 Å². The Balaban J connectivity index is 3.13. The fourth-order valence-corrected chi connectivity index (χ4v) is 2.91. The quantitative estimate of drug-likeness (QED) is 0.311. The van der Waals surface area contributed by atoms with Crippen LogP contribution < -0.4 is 15.2 Å². The zero-order chi connectivity index (χ0) is 27.8. The van der Waals surface area contributed by atoms with Crippen molar-refractivity contribution < 1.29 is 43.2 Å². The molecule has 0 saturated heterocycles. The Morgan fingerprint density at radius 1 is 0.861 bits per heavy atom. The summed E-state index contributed by atoms with van der Waals surface area (Å²) in [6, 6.07) is 4.37. The molecular weight excluding hydrogens is 470 g/mol. The van der Waals surface area contributed by atoms with Gasteiger partial charge in [-0.1, -0.05) is 47.6 Å². The summed E-state index contributed by atoms with van der Waals surface area (Å²) < 4.78 is 21.1. The van der Waals surface area contributed by atoms with E-state index in [1.807, 2.05) is 13.8 Å². The molecule has 0 aromatic heterocycles. The third-order valence-electron chi connectivity index (χ3n) is 5.49. The summed E-state index contributed by atoms with van der Waals surface area (Å²) in [5.41, 5.74) is 4.83. The summed E-state index contributed by atoms with van der Waals surface area (Å²) in [6.45, 7) is 13.6. The van der Waals surface area contributed by atoms with Gasteiger partial charge >= 0.3 is 24.1 Å². The van der Waals surface area contributed by atoms with Crippen LogP contribution >= 0.6 is 0 Å². The lowest BCUT2D eigenvalue weighted by Gasteiger charge is -2.28. The molecule has 0 aliphatic rings. The van der Waals surface area contributed by atoms with Gasteiger partial charge in [0.2, 0.25) is 0 Å². The molecule has 0 saturated carbocycles. The van der Waals surface area contributed by atoms with Crippen LogP contribution in [0.5, 0.6) is 11.5 Å². The number of carbonyl (C=O) groups excluding carboxylic acids is 3. The number of hydrogen-bond donors (Lipinski definition) is 2. The van der Waals surface area contributed by atoms with Crippen LogP contribution in [0, 0.1) is 17.8 Å². The average molecular weight is 510 g/mol. The first-order valence-electron chi connectivity index (χ1n) is 12.0. The Morgan fingerprint density at radius 3 is 1.86 bits per heavy atom. The van der Waals surface area contributed by atoms with Gasteiger partial charge in [0.15, 0.2) is 11.5 Å². The highest BCUT2D eigenvalue weighted by Gasteiger charge is 2.37. The number of ether oxygens (including phenoxy) is 4. The standard InChI is InChI=1S/C26H39NO9/c1-14(2)18(8)34-25(32)33-17(7)12-26(27,24(30)31)13-19-9-10-20(35-22(28)15(3)4)21(11-19)36-23(29)16(5)6/h9-11,14-18H,12-13,27H2,1-8H3,(H,30,31)/t17-,18?,26?/m0/s1. The van der Waals surface area contributed by atoms with Crippen LogP contribution in [0.15, 0.2) is 18.2 Å². The van der Waals surface area contributed by atoms with E-state index in [-0.39, 0.29) is 36.4 Å². The number of rotatable bonds is 12. The summed E-state index contributed by atoms with van der Waals surface area (Å²) in [6.07, 6.45) is -2.53. The third-order valence-corrected chi connectivity index (χ3v) is 5.49. The minimum absolute atomic E-state index is 0.0245. The van der Waals surface area contributed by atoms with E-state index < -0.39 is 47.5 Å². The second-order valence-electron chi connectivity index (χ2n) is 10.0. The molecule has 10 heteroatoms. The first-order valence-corrected chi connectivity index (χ1v) is 12.0. The molecule has 202 valence electrons. The lowest BCUT2D eigenvalue weighted by atomic mass is 9.86. The fourth-order valence-electron chi connectivity index (χ4n) is 2.91. The maximum atomic E-state index is 12.2. The van der Waals surface area contributed by atoms with Gasteiger partial charge in [-0.3, -0.25) is 14.4 Å². The van der Waals surface area contributed by atoms with Gasteiger partial charge in [-0.15, -0.1) is 0 Å². The smallest absolute Gasteiger partial charge is 0.480 e. The highest BCUT2D eigenvalue weighted by atomic mass is 16.7. The number of carboxylic acids is 1. The molecule has 0 amide bonds. The molecule has 0 aliphatic heterocycles. The average Bonchev–Trinajstić information content (AvgIpc) is 2.74. The van der Waals surface area contributed by atoms with E-state index in [9.17, 15) is 24.3 Å². The van der Waals surface area contributed by atoms with Crippen molar-refractivity contribution in [3.05, 3.63) is 23.8 Å². The summed E-state index contributed by atoms with van der Waals surface area (Å²) in [5.74, 6) is -3.16. The van der Waals surface area contributed by atoms with Gasteiger partial charge in [0.25, 0.3) is 0 Å². The predicted octanol–water partition coefficient (Wildman–Crippen LogP) is 4.11. The lowest BCUT2D eigenvalue weighted by Crippen LogP contribution is -2.52. The second-order valence-corrected chi connectivity index (χ2v) is 10.0. The Kier molecular flexibility index (Phi) is 11.4. The molecule has 3 N–H and O–H groups in total. The van der Waals surface area contributed by atoms with E-state index in [1.165, 1.54) is 25.1 Å². The van der Waals surface area contributed by atoms with Crippen LogP contribution in [0.1, 0.15) is 67.4 Å². The molecule has 2 unspecified atom stereocenters. The van der Waals surface area contributed by atoms with Gasteiger partial charge in [0, 0.05) is 12.8 Å². The van der Waals surface area contributed by atoms with Crippen molar-refractivity contribution in [1.82, 2.24) is 0 Å². The largest absolute Gasteiger partial charge is 0.508 e. The van der Waals surface area contributed by atoms with Crippen molar-refractivity contribution in [2.45, 2.75) is 86.0 Å². The third kappa shape index (κ3) is 9.49. The van der Waals surface area contributed by atoms with Crippen molar-refractivity contribution in [2.75, 3.05) is 0 Å². The number of carboxylic acid groups (broad SMARTS) is 1. The maximum Gasteiger partial charge on any atom is 0.508 e. The number of aliphatic carboxylic acids is 1. The number of hydrogen-bond acceptors (Lipinski definition) is 9. The molecule has 0 radical (unpaired) electrons. The summed E-state index contributed by atoms with van der Waals surface area (Å²) in [7, 11) is 0. The van der Waals surface area contributed by atoms with E-state index in [1.54, 1.807) is 34.6 Å². The van der Waals surface area contributed by atoms with Gasteiger partial charge in [-0.25, -0.2) is 4.79 Å². The van der Waals surface area contributed by atoms with Gasteiger partial charge in [0.1, 0.15) is 17.7 Å².